The molecular formula is C10H9F3O3. The van der Waals surface area contributed by atoms with Crippen molar-refractivity contribution in [2.45, 2.75) is 19.2 Å². The minimum absolute atomic E-state index is 0.122. The van der Waals surface area contributed by atoms with Crippen molar-refractivity contribution in [3.63, 3.8) is 0 Å². The number of carbonyl (C=O) groups is 1. The topological polar surface area (TPSA) is 35.5 Å². The first-order valence-corrected chi connectivity index (χ1v) is 4.40. The van der Waals surface area contributed by atoms with Crippen LogP contribution in [0.2, 0.25) is 0 Å². The third kappa shape index (κ3) is 3.54. The molecule has 0 aliphatic carbocycles. The number of hydrogen-bond acceptors (Lipinski definition) is 3. The van der Waals surface area contributed by atoms with Gasteiger partial charge in [-0.25, -0.2) is 4.79 Å². The Kier molecular flexibility index (Phi) is 3.89. The first kappa shape index (κ1) is 12.5. The summed E-state index contributed by atoms with van der Waals surface area (Å²) in [6.07, 6.45) is -6.71. The van der Waals surface area contributed by atoms with Crippen LogP contribution in [-0.2, 0) is 9.78 Å². The molecule has 88 valence electrons. The van der Waals surface area contributed by atoms with Crippen molar-refractivity contribution in [1.29, 1.82) is 0 Å². The van der Waals surface area contributed by atoms with Gasteiger partial charge in [0.2, 0.25) is 0 Å². The smallest absolute Gasteiger partial charge is 0.292 e. The van der Waals surface area contributed by atoms with Gasteiger partial charge in [0.05, 0.1) is 5.56 Å². The van der Waals surface area contributed by atoms with Gasteiger partial charge in [0.1, 0.15) is 0 Å². The minimum atomic E-state index is -4.56. The quantitative estimate of drug-likeness (QED) is 0.595. The highest BCUT2D eigenvalue weighted by atomic mass is 19.4. The molecule has 6 heteroatoms. The van der Waals surface area contributed by atoms with E-state index in [2.05, 4.69) is 9.78 Å². The van der Waals surface area contributed by atoms with Crippen molar-refractivity contribution in [3.05, 3.63) is 35.9 Å². The zero-order chi connectivity index (χ0) is 12.2. The van der Waals surface area contributed by atoms with E-state index in [0.717, 1.165) is 6.92 Å². The van der Waals surface area contributed by atoms with Crippen molar-refractivity contribution >= 4 is 5.97 Å². The molecule has 1 atom stereocenters. The molecule has 0 radical (unpaired) electrons. The summed E-state index contributed by atoms with van der Waals surface area (Å²) in [6, 6.07) is 7.59. The fourth-order valence-corrected chi connectivity index (χ4v) is 0.793. The third-order valence-corrected chi connectivity index (χ3v) is 1.74. The van der Waals surface area contributed by atoms with Crippen molar-refractivity contribution in [3.8, 4) is 0 Å². The maximum absolute atomic E-state index is 12.0. The summed E-state index contributed by atoms with van der Waals surface area (Å²) in [5.74, 6) is -0.961. The Balaban J connectivity index is 2.48. The van der Waals surface area contributed by atoms with Gasteiger partial charge in [-0.2, -0.15) is 18.1 Å². The zero-order valence-electron chi connectivity index (χ0n) is 8.32. The van der Waals surface area contributed by atoms with Crippen LogP contribution in [0, 0.1) is 0 Å². The molecule has 0 bridgehead atoms. The molecule has 1 unspecified atom stereocenters. The third-order valence-electron chi connectivity index (χ3n) is 1.74. The van der Waals surface area contributed by atoms with E-state index < -0.39 is 18.2 Å². The van der Waals surface area contributed by atoms with Crippen molar-refractivity contribution in [2.24, 2.45) is 0 Å². The summed E-state index contributed by atoms with van der Waals surface area (Å²) in [6.45, 7) is 0.748. The Labute approximate surface area is 89.7 Å². The molecule has 0 aliphatic rings. The lowest BCUT2D eigenvalue weighted by Gasteiger charge is -2.14. The SMILES string of the molecule is CC(OOC(=O)c1ccccc1)C(F)(F)F. The predicted molar refractivity (Wildman–Crippen MR) is 48.5 cm³/mol. The normalized spacial score (nSPS) is 13.2. The van der Waals surface area contributed by atoms with Crippen LogP contribution in [0.15, 0.2) is 30.3 Å². The molecule has 1 aromatic rings. The van der Waals surface area contributed by atoms with E-state index in [4.69, 9.17) is 0 Å². The van der Waals surface area contributed by atoms with Crippen LogP contribution >= 0.6 is 0 Å². The standard InChI is InChI=1S/C10H9F3O3/c1-7(10(11,12)13)15-16-9(14)8-5-3-2-4-6-8/h2-7H,1H3. The van der Waals surface area contributed by atoms with Crippen LogP contribution in [0.3, 0.4) is 0 Å². The van der Waals surface area contributed by atoms with E-state index in [1.54, 1.807) is 18.2 Å². The van der Waals surface area contributed by atoms with Gasteiger partial charge < -0.3 is 0 Å². The molecule has 1 aromatic carbocycles. The summed E-state index contributed by atoms with van der Waals surface area (Å²) >= 11 is 0. The highest BCUT2D eigenvalue weighted by molar-refractivity contribution is 5.88. The van der Waals surface area contributed by atoms with Gasteiger partial charge in [-0.15, -0.1) is 0 Å². The first-order valence-electron chi connectivity index (χ1n) is 4.40. The Bertz CT molecular complexity index is 348. The van der Waals surface area contributed by atoms with E-state index in [9.17, 15) is 18.0 Å². The van der Waals surface area contributed by atoms with Crippen LogP contribution in [0.25, 0.3) is 0 Å². The zero-order valence-corrected chi connectivity index (χ0v) is 8.32. The van der Waals surface area contributed by atoms with Gasteiger partial charge in [0.25, 0.3) is 0 Å². The average Bonchev–Trinajstić information content (AvgIpc) is 2.25. The molecule has 0 heterocycles. The molecule has 0 spiro atoms. The molecule has 16 heavy (non-hydrogen) atoms. The van der Waals surface area contributed by atoms with E-state index in [0.29, 0.717) is 0 Å². The van der Waals surface area contributed by atoms with Crippen LogP contribution in [0.1, 0.15) is 17.3 Å². The molecule has 0 aliphatic heterocycles. The van der Waals surface area contributed by atoms with Crippen molar-refractivity contribution in [1.82, 2.24) is 0 Å². The van der Waals surface area contributed by atoms with Gasteiger partial charge in [0.15, 0.2) is 6.10 Å². The predicted octanol–water partition coefficient (Wildman–Crippen LogP) is 2.73. The summed E-state index contributed by atoms with van der Waals surface area (Å²) in [5.41, 5.74) is 0.122. The second-order valence-corrected chi connectivity index (χ2v) is 3.02. The van der Waals surface area contributed by atoms with Gasteiger partial charge in [0, 0.05) is 0 Å². The number of halogens is 3. The van der Waals surface area contributed by atoms with E-state index in [1.165, 1.54) is 12.1 Å². The molecule has 0 saturated heterocycles. The Morgan fingerprint density at radius 3 is 2.31 bits per heavy atom. The molecule has 0 fully saturated rings. The molecule has 0 N–H and O–H groups in total. The largest absolute Gasteiger partial charge is 0.418 e. The monoisotopic (exact) mass is 234 g/mol. The van der Waals surface area contributed by atoms with Gasteiger partial charge in [-0.3, -0.25) is 4.89 Å². The lowest BCUT2D eigenvalue weighted by molar-refractivity contribution is -0.339. The van der Waals surface area contributed by atoms with E-state index in [1.807, 2.05) is 0 Å². The number of benzene rings is 1. The molecule has 1 rings (SSSR count). The maximum Gasteiger partial charge on any atom is 0.418 e. The minimum Gasteiger partial charge on any atom is -0.292 e. The summed E-state index contributed by atoms with van der Waals surface area (Å²) in [5, 5.41) is 0. The van der Waals surface area contributed by atoms with Crippen LogP contribution < -0.4 is 0 Å². The van der Waals surface area contributed by atoms with Crippen molar-refractivity contribution < 1.29 is 27.7 Å². The first-order chi connectivity index (χ1) is 7.41. The molecule has 0 amide bonds. The fraction of sp³-hybridized carbons (Fsp3) is 0.300. The molecular weight excluding hydrogens is 225 g/mol. The number of hydrogen-bond donors (Lipinski definition) is 0. The molecule has 0 saturated carbocycles. The lowest BCUT2D eigenvalue weighted by Crippen LogP contribution is -2.29. The number of alkyl halides is 3. The number of carbonyl (C=O) groups excluding carboxylic acids is 1. The van der Waals surface area contributed by atoms with Crippen LogP contribution in [0.4, 0.5) is 13.2 Å². The molecule has 3 nitrogen and oxygen atoms in total. The fourth-order valence-electron chi connectivity index (χ4n) is 0.793. The summed E-state index contributed by atoms with van der Waals surface area (Å²) < 4.78 is 36.0. The Morgan fingerprint density at radius 2 is 1.81 bits per heavy atom. The highest BCUT2D eigenvalue weighted by Gasteiger charge is 2.39. The van der Waals surface area contributed by atoms with Gasteiger partial charge in [-0.1, -0.05) is 18.2 Å². The van der Waals surface area contributed by atoms with E-state index >= 15 is 0 Å². The van der Waals surface area contributed by atoms with Crippen LogP contribution in [0.5, 0.6) is 0 Å². The second kappa shape index (κ2) is 4.98. The van der Waals surface area contributed by atoms with Gasteiger partial charge in [-0.05, 0) is 19.1 Å². The number of rotatable bonds is 3. The van der Waals surface area contributed by atoms with Crippen molar-refractivity contribution in [2.75, 3.05) is 0 Å². The average molecular weight is 234 g/mol. The highest BCUT2D eigenvalue weighted by Crippen LogP contribution is 2.22. The van der Waals surface area contributed by atoms with E-state index in [-0.39, 0.29) is 5.56 Å². The van der Waals surface area contributed by atoms with Gasteiger partial charge >= 0.3 is 12.1 Å². The van der Waals surface area contributed by atoms with Crippen LogP contribution in [-0.4, -0.2) is 18.2 Å². The maximum atomic E-state index is 12.0. The Morgan fingerprint density at radius 1 is 1.25 bits per heavy atom. The molecule has 0 aromatic heterocycles. The summed E-state index contributed by atoms with van der Waals surface area (Å²) in [4.78, 5) is 19.2. The summed E-state index contributed by atoms with van der Waals surface area (Å²) in [7, 11) is 0. The Hall–Kier alpha value is -1.56. The second-order valence-electron chi connectivity index (χ2n) is 3.02. The lowest BCUT2D eigenvalue weighted by atomic mass is 10.2.